The molecule has 1 fully saturated rings. The Hall–Kier alpha value is -3.17. The Bertz CT molecular complexity index is 1120. The van der Waals surface area contributed by atoms with Crippen LogP contribution in [0, 0.1) is 6.92 Å². The van der Waals surface area contributed by atoms with Crippen molar-refractivity contribution in [2.24, 2.45) is 0 Å². The van der Waals surface area contributed by atoms with Crippen LogP contribution >= 0.6 is 0 Å². The molecule has 2 aliphatic rings. The van der Waals surface area contributed by atoms with Gasteiger partial charge < -0.3 is 14.8 Å². The van der Waals surface area contributed by atoms with Gasteiger partial charge in [0.1, 0.15) is 29.6 Å². The topological polar surface area (TPSA) is 102 Å². The maximum atomic E-state index is 12.7. The molecule has 2 aliphatic heterocycles. The van der Waals surface area contributed by atoms with Crippen LogP contribution in [0.4, 0.5) is 5.82 Å². The van der Waals surface area contributed by atoms with E-state index in [1.807, 2.05) is 18.2 Å². The van der Waals surface area contributed by atoms with Gasteiger partial charge in [0, 0.05) is 42.8 Å². The molecule has 1 N–H and O–H groups in total. The lowest BCUT2D eigenvalue weighted by Gasteiger charge is -2.26. The summed E-state index contributed by atoms with van der Waals surface area (Å²) in [5.41, 5.74) is 2.12. The Morgan fingerprint density at radius 1 is 1.23 bits per heavy atom. The molecule has 0 spiro atoms. The zero-order chi connectivity index (χ0) is 21.2. The summed E-state index contributed by atoms with van der Waals surface area (Å²) in [6, 6.07) is 5.72. The fourth-order valence-corrected chi connectivity index (χ4v) is 4.07. The van der Waals surface area contributed by atoms with E-state index in [2.05, 4.69) is 30.2 Å². The number of aryl methyl sites for hydroxylation is 1. The lowest BCUT2D eigenvalue weighted by molar-refractivity contribution is -0.116. The summed E-state index contributed by atoms with van der Waals surface area (Å²) < 4.78 is 11.3. The third-order valence-electron chi connectivity index (χ3n) is 5.66. The molecular formula is C22H24N6O3. The summed E-state index contributed by atoms with van der Waals surface area (Å²) in [4.78, 5) is 32.5. The van der Waals surface area contributed by atoms with Gasteiger partial charge in [-0.1, -0.05) is 0 Å². The summed E-state index contributed by atoms with van der Waals surface area (Å²) in [7, 11) is 0. The second kappa shape index (κ2) is 8.52. The first-order valence-electron chi connectivity index (χ1n) is 10.5. The van der Waals surface area contributed by atoms with Crippen LogP contribution in [-0.2, 0) is 9.53 Å². The molecule has 9 heteroatoms. The quantitative estimate of drug-likeness (QED) is 0.604. The minimum Gasteiger partial charge on any atom is -0.493 e. The molecule has 1 saturated heterocycles. The smallest absolute Gasteiger partial charge is 0.239 e. The maximum absolute atomic E-state index is 12.7. The van der Waals surface area contributed by atoms with E-state index in [9.17, 15) is 4.79 Å². The number of benzene rings is 1. The van der Waals surface area contributed by atoms with Gasteiger partial charge in [-0.05, 0) is 25.5 Å². The van der Waals surface area contributed by atoms with Crippen LogP contribution in [0.3, 0.4) is 0 Å². The number of carbonyl (C=O) groups excluding carboxylic acids is 1. The van der Waals surface area contributed by atoms with Gasteiger partial charge >= 0.3 is 0 Å². The van der Waals surface area contributed by atoms with Crippen molar-refractivity contribution in [1.82, 2.24) is 24.8 Å². The molecule has 0 bridgehead atoms. The molecule has 2 aromatic heterocycles. The van der Waals surface area contributed by atoms with Crippen molar-refractivity contribution in [3.8, 4) is 5.75 Å². The number of aromatic nitrogens is 4. The molecule has 1 amide bonds. The van der Waals surface area contributed by atoms with Crippen molar-refractivity contribution in [2.45, 2.75) is 19.3 Å². The van der Waals surface area contributed by atoms with Crippen LogP contribution in [0.15, 0.2) is 30.7 Å². The molecule has 5 rings (SSSR count). The SMILES string of the molecule is Cc1ncc2c(n1)NC(=O)C2c1ncnc2cc(OCCCN3CCOCC3)ccc12. The molecule has 4 heterocycles. The Balaban J connectivity index is 1.32. The molecule has 1 unspecified atom stereocenters. The number of rotatable bonds is 6. The molecule has 0 aliphatic carbocycles. The van der Waals surface area contributed by atoms with Gasteiger partial charge in [-0.2, -0.15) is 0 Å². The van der Waals surface area contributed by atoms with Gasteiger partial charge in [0.15, 0.2) is 0 Å². The third kappa shape index (κ3) is 4.06. The van der Waals surface area contributed by atoms with Crippen LogP contribution < -0.4 is 10.1 Å². The van der Waals surface area contributed by atoms with Gasteiger partial charge in [-0.3, -0.25) is 9.69 Å². The van der Waals surface area contributed by atoms with Crippen LogP contribution in [0.5, 0.6) is 5.75 Å². The minimum atomic E-state index is -0.554. The molecular weight excluding hydrogens is 396 g/mol. The standard InChI is InChI=1S/C22H24N6O3/c1-14-23-12-17-19(22(29)27-21(17)26-14)20-16-4-3-15(11-18(16)24-13-25-20)31-8-2-5-28-6-9-30-10-7-28/h3-4,11-13,19H,2,5-10H2,1H3,(H,23,26,27,29). The number of hydrogen-bond donors (Lipinski definition) is 1. The van der Waals surface area contributed by atoms with Gasteiger partial charge in [-0.25, -0.2) is 19.9 Å². The second-order valence-corrected chi connectivity index (χ2v) is 7.74. The number of ether oxygens (including phenoxy) is 2. The van der Waals surface area contributed by atoms with Gasteiger partial charge in [-0.15, -0.1) is 0 Å². The highest BCUT2D eigenvalue weighted by molar-refractivity contribution is 6.05. The van der Waals surface area contributed by atoms with E-state index in [1.165, 1.54) is 6.33 Å². The normalized spacial score (nSPS) is 18.7. The van der Waals surface area contributed by atoms with E-state index in [0.29, 0.717) is 23.9 Å². The van der Waals surface area contributed by atoms with E-state index < -0.39 is 5.92 Å². The summed E-state index contributed by atoms with van der Waals surface area (Å²) in [6.45, 7) is 7.02. The number of anilines is 1. The maximum Gasteiger partial charge on any atom is 0.239 e. The van der Waals surface area contributed by atoms with Crippen molar-refractivity contribution < 1.29 is 14.3 Å². The predicted molar refractivity (Wildman–Crippen MR) is 114 cm³/mol. The largest absolute Gasteiger partial charge is 0.493 e. The van der Waals surface area contributed by atoms with E-state index in [-0.39, 0.29) is 5.91 Å². The summed E-state index contributed by atoms with van der Waals surface area (Å²) in [5, 5.41) is 3.65. The average Bonchev–Trinajstić information content (AvgIpc) is 3.11. The van der Waals surface area contributed by atoms with Crippen molar-refractivity contribution in [3.63, 3.8) is 0 Å². The average molecular weight is 420 g/mol. The fraction of sp³-hybridized carbons (Fsp3) is 0.409. The first-order valence-corrected chi connectivity index (χ1v) is 10.5. The van der Waals surface area contributed by atoms with E-state index >= 15 is 0 Å². The van der Waals surface area contributed by atoms with Crippen LogP contribution in [-0.4, -0.2) is 70.2 Å². The van der Waals surface area contributed by atoms with Crippen molar-refractivity contribution >= 4 is 22.6 Å². The van der Waals surface area contributed by atoms with Crippen molar-refractivity contribution in [3.05, 3.63) is 47.8 Å². The first kappa shape index (κ1) is 19.8. The number of nitrogens with one attached hydrogen (secondary N) is 1. The van der Waals surface area contributed by atoms with Gasteiger partial charge in [0.2, 0.25) is 5.91 Å². The Morgan fingerprint density at radius 3 is 2.97 bits per heavy atom. The lowest BCUT2D eigenvalue weighted by Crippen LogP contribution is -2.37. The highest BCUT2D eigenvalue weighted by atomic mass is 16.5. The molecule has 0 radical (unpaired) electrons. The first-order chi connectivity index (χ1) is 15.2. The Morgan fingerprint density at radius 2 is 2.10 bits per heavy atom. The lowest BCUT2D eigenvalue weighted by atomic mass is 9.96. The number of hydrogen-bond acceptors (Lipinski definition) is 8. The highest BCUT2D eigenvalue weighted by Gasteiger charge is 2.35. The van der Waals surface area contributed by atoms with Crippen molar-refractivity contribution in [2.75, 3.05) is 44.8 Å². The van der Waals surface area contributed by atoms with Gasteiger partial charge in [0.25, 0.3) is 0 Å². The number of nitrogens with zero attached hydrogens (tertiary/aromatic N) is 5. The van der Waals surface area contributed by atoms with Crippen LogP contribution in [0.2, 0.25) is 0 Å². The molecule has 1 aromatic carbocycles. The zero-order valence-electron chi connectivity index (χ0n) is 17.4. The number of morpholine rings is 1. The second-order valence-electron chi connectivity index (χ2n) is 7.74. The minimum absolute atomic E-state index is 0.154. The summed E-state index contributed by atoms with van der Waals surface area (Å²) in [6.07, 6.45) is 4.13. The Kier molecular flexibility index (Phi) is 5.44. The van der Waals surface area contributed by atoms with Crippen molar-refractivity contribution in [1.29, 1.82) is 0 Å². The van der Waals surface area contributed by atoms with Gasteiger partial charge in [0.05, 0.1) is 31.0 Å². The molecule has 31 heavy (non-hydrogen) atoms. The van der Waals surface area contributed by atoms with E-state index in [4.69, 9.17) is 9.47 Å². The molecule has 160 valence electrons. The number of carbonyl (C=O) groups is 1. The molecule has 0 saturated carbocycles. The predicted octanol–water partition coefficient (Wildman–Crippen LogP) is 1.91. The molecule has 1 atom stereocenters. The molecule has 3 aromatic rings. The molecule has 9 nitrogen and oxygen atoms in total. The van der Waals surface area contributed by atoms with E-state index in [1.54, 1.807) is 13.1 Å². The van der Waals surface area contributed by atoms with Crippen LogP contribution in [0.25, 0.3) is 10.9 Å². The fourth-order valence-electron chi connectivity index (χ4n) is 4.07. The zero-order valence-corrected chi connectivity index (χ0v) is 17.4. The van der Waals surface area contributed by atoms with Crippen LogP contribution in [0.1, 0.15) is 29.4 Å². The summed E-state index contributed by atoms with van der Waals surface area (Å²) in [5.74, 6) is 1.21. The number of fused-ring (bicyclic) bond motifs is 2. The highest BCUT2D eigenvalue weighted by Crippen LogP contribution is 2.37. The third-order valence-corrected chi connectivity index (χ3v) is 5.66. The monoisotopic (exact) mass is 420 g/mol. The van der Waals surface area contributed by atoms with E-state index in [0.717, 1.165) is 61.5 Å². The summed E-state index contributed by atoms with van der Waals surface area (Å²) >= 11 is 0. The Labute approximate surface area is 179 Å². The number of amides is 1.